The van der Waals surface area contributed by atoms with E-state index in [0.29, 0.717) is 36.6 Å². The highest BCUT2D eigenvalue weighted by Crippen LogP contribution is 2.28. The van der Waals surface area contributed by atoms with E-state index < -0.39 is 24.2 Å². The minimum atomic E-state index is -1.04. The Morgan fingerprint density at radius 1 is 1.24 bits per heavy atom. The molecule has 11 heteroatoms. The second kappa shape index (κ2) is 9.05. The van der Waals surface area contributed by atoms with Gasteiger partial charge in [0.15, 0.2) is 5.65 Å². The minimum absolute atomic E-state index is 0.218. The fraction of sp³-hybridized carbons (Fsp3) is 0.478. The molecule has 3 aromatic rings. The van der Waals surface area contributed by atoms with Crippen LogP contribution in [0.15, 0.2) is 35.4 Å². The van der Waals surface area contributed by atoms with Gasteiger partial charge in [0.25, 0.3) is 11.5 Å². The molecule has 0 aliphatic heterocycles. The van der Waals surface area contributed by atoms with Crippen LogP contribution >= 0.6 is 0 Å². The Bertz CT molecular complexity index is 1270. The summed E-state index contributed by atoms with van der Waals surface area (Å²) < 4.78 is 16.7. The third kappa shape index (κ3) is 4.00. The van der Waals surface area contributed by atoms with Crippen molar-refractivity contribution in [1.82, 2.24) is 24.5 Å². The molecule has 180 valence electrons. The maximum Gasteiger partial charge on any atom is 0.274 e. The summed E-state index contributed by atoms with van der Waals surface area (Å²) in [5, 5.41) is 23.4. The lowest BCUT2D eigenvalue weighted by Gasteiger charge is -2.30. The van der Waals surface area contributed by atoms with Crippen molar-refractivity contribution in [3.63, 3.8) is 0 Å². The second-order valence-corrected chi connectivity index (χ2v) is 8.92. The predicted octanol–water partition coefficient (Wildman–Crippen LogP) is 2.38. The SMILES string of the molecule is CNc1cc(Nc2cccn([C@H]3CCCC[C@H]3O)c2=O)nc2c(C(=O)N[C@@H]3CC[C@H]3F)cnn12. The highest BCUT2D eigenvalue weighted by atomic mass is 19.1. The van der Waals surface area contributed by atoms with Crippen molar-refractivity contribution in [3.05, 3.63) is 46.5 Å². The summed E-state index contributed by atoms with van der Waals surface area (Å²) in [5.41, 5.74) is 0.543. The Hall–Kier alpha value is -3.47. The molecular formula is C23H28FN7O3. The Morgan fingerprint density at radius 3 is 2.76 bits per heavy atom. The second-order valence-electron chi connectivity index (χ2n) is 8.92. The summed E-state index contributed by atoms with van der Waals surface area (Å²) in [7, 11) is 1.71. The molecule has 4 atom stereocenters. The minimum Gasteiger partial charge on any atom is -0.391 e. The van der Waals surface area contributed by atoms with E-state index in [2.05, 4.69) is 26.0 Å². The smallest absolute Gasteiger partial charge is 0.274 e. The fourth-order valence-corrected chi connectivity index (χ4v) is 4.65. The van der Waals surface area contributed by atoms with Crippen LogP contribution in [0.5, 0.6) is 0 Å². The van der Waals surface area contributed by atoms with Gasteiger partial charge in [0, 0.05) is 19.3 Å². The molecule has 0 saturated heterocycles. The van der Waals surface area contributed by atoms with Crippen LogP contribution < -0.4 is 21.5 Å². The van der Waals surface area contributed by atoms with E-state index in [1.165, 1.54) is 10.7 Å². The number of aromatic nitrogens is 4. The van der Waals surface area contributed by atoms with Gasteiger partial charge in [-0.25, -0.2) is 9.37 Å². The number of hydrogen-bond donors (Lipinski definition) is 4. The van der Waals surface area contributed by atoms with Gasteiger partial charge in [-0.05, 0) is 37.8 Å². The zero-order valence-electron chi connectivity index (χ0n) is 18.9. The maximum atomic E-state index is 13.6. The van der Waals surface area contributed by atoms with Crippen LogP contribution in [0.25, 0.3) is 5.65 Å². The first-order valence-electron chi connectivity index (χ1n) is 11.6. The number of carbonyl (C=O) groups is 1. The average Bonchev–Trinajstić information content (AvgIpc) is 3.27. The predicted molar refractivity (Wildman–Crippen MR) is 125 cm³/mol. The number of aliphatic hydroxyl groups is 1. The van der Waals surface area contributed by atoms with E-state index in [0.717, 1.165) is 19.3 Å². The van der Waals surface area contributed by atoms with E-state index in [1.54, 1.807) is 36.0 Å². The van der Waals surface area contributed by atoms with E-state index >= 15 is 0 Å². The molecule has 5 rings (SSSR count). The summed E-state index contributed by atoms with van der Waals surface area (Å²) in [6, 6.07) is 4.33. The van der Waals surface area contributed by atoms with Crippen molar-refractivity contribution in [2.45, 2.75) is 62.9 Å². The highest BCUT2D eigenvalue weighted by molar-refractivity contribution is 6.00. The van der Waals surface area contributed by atoms with Gasteiger partial charge < -0.3 is 25.6 Å². The summed E-state index contributed by atoms with van der Waals surface area (Å²) in [4.78, 5) is 30.5. The molecule has 0 aromatic carbocycles. The van der Waals surface area contributed by atoms with Gasteiger partial charge in [-0.1, -0.05) is 12.8 Å². The first kappa shape index (κ1) is 22.3. The summed E-state index contributed by atoms with van der Waals surface area (Å²) in [5.74, 6) is 0.456. The highest BCUT2D eigenvalue weighted by Gasteiger charge is 2.33. The largest absolute Gasteiger partial charge is 0.391 e. The summed E-state index contributed by atoms with van der Waals surface area (Å²) in [6.07, 6.45) is 5.88. The number of pyridine rings is 1. The zero-order chi connectivity index (χ0) is 23.8. The maximum absolute atomic E-state index is 13.6. The number of aliphatic hydroxyl groups excluding tert-OH is 1. The normalized spacial score (nSPS) is 24.4. The van der Waals surface area contributed by atoms with Crippen molar-refractivity contribution in [1.29, 1.82) is 0 Å². The van der Waals surface area contributed by atoms with E-state index in [9.17, 15) is 19.1 Å². The van der Waals surface area contributed by atoms with E-state index in [1.807, 2.05) is 0 Å². The number of anilines is 3. The molecule has 4 N–H and O–H groups in total. The molecule has 2 aliphatic carbocycles. The molecule has 10 nitrogen and oxygen atoms in total. The van der Waals surface area contributed by atoms with Crippen LogP contribution in [-0.2, 0) is 0 Å². The molecule has 2 fully saturated rings. The lowest BCUT2D eigenvalue weighted by molar-refractivity contribution is 0.0739. The van der Waals surface area contributed by atoms with Gasteiger partial charge in [-0.2, -0.15) is 9.61 Å². The van der Waals surface area contributed by atoms with Gasteiger partial charge in [0.05, 0.1) is 24.4 Å². The molecular weight excluding hydrogens is 441 g/mol. The monoisotopic (exact) mass is 469 g/mol. The lowest BCUT2D eigenvalue weighted by Crippen LogP contribution is -2.48. The molecule has 0 unspecified atom stereocenters. The molecule has 3 aromatic heterocycles. The molecule has 0 radical (unpaired) electrons. The molecule has 0 bridgehead atoms. The number of nitrogens with zero attached hydrogens (tertiary/aromatic N) is 4. The van der Waals surface area contributed by atoms with Crippen LogP contribution in [0, 0.1) is 0 Å². The third-order valence-electron chi connectivity index (χ3n) is 6.77. The van der Waals surface area contributed by atoms with E-state index in [4.69, 9.17) is 0 Å². The van der Waals surface area contributed by atoms with Crippen LogP contribution in [0.1, 0.15) is 54.9 Å². The standard InChI is InChI=1S/C23H28FN7O3/c1-25-20-11-19(27-16-5-4-10-30(23(16)34)17-6-2-3-7-18(17)32)29-21-13(12-26-31(20)21)22(33)28-15-9-8-14(15)24/h4-5,10-12,14-15,17-18,25,32H,2-3,6-9H2,1H3,(H,27,29)(H,28,33)/t14-,15-,17+,18-/m1/s1. The molecule has 3 heterocycles. The number of amides is 1. The van der Waals surface area contributed by atoms with Gasteiger partial charge in [-0.15, -0.1) is 0 Å². The number of hydrogen-bond acceptors (Lipinski definition) is 7. The molecule has 0 spiro atoms. The number of rotatable bonds is 6. The van der Waals surface area contributed by atoms with E-state index in [-0.39, 0.29) is 22.8 Å². The first-order chi connectivity index (χ1) is 16.5. The summed E-state index contributed by atoms with van der Waals surface area (Å²) >= 11 is 0. The molecule has 2 saturated carbocycles. The Labute approximate surface area is 195 Å². The van der Waals surface area contributed by atoms with Crippen LogP contribution in [0.3, 0.4) is 0 Å². The molecule has 34 heavy (non-hydrogen) atoms. The zero-order valence-corrected chi connectivity index (χ0v) is 18.9. The van der Waals surface area contributed by atoms with Crippen LogP contribution in [-0.4, -0.2) is 55.5 Å². The number of fused-ring (bicyclic) bond motifs is 1. The number of halogens is 1. The topological polar surface area (TPSA) is 126 Å². The van der Waals surface area contributed by atoms with Crippen LogP contribution in [0.4, 0.5) is 21.7 Å². The van der Waals surface area contributed by atoms with Crippen molar-refractivity contribution >= 4 is 28.9 Å². The molecule has 1 amide bonds. The first-order valence-corrected chi connectivity index (χ1v) is 11.6. The average molecular weight is 470 g/mol. The van der Waals surface area contributed by atoms with Gasteiger partial charge in [0.2, 0.25) is 0 Å². The van der Waals surface area contributed by atoms with Gasteiger partial charge >= 0.3 is 0 Å². The summed E-state index contributed by atoms with van der Waals surface area (Å²) in [6.45, 7) is 0. The Kier molecular flexibility index (Phi) is 5.94. The number of nitrogens with one attached hydrogen (secondary N) is 3. The Balaban J connectivity index is 1.47. The van der Waals surface area contributed by atoms with Crippen molar-refractivity contribution in [3.8, 4) is 0 Å². The quantitative estimate of drug-likeness (QED) is 0.437. The van der Waals surface area contributed by atoms with Gasteiger partial charge in [0.1, 0.15) is 29.1 Å². The van der Waals surface area contributed by atoms with Crippen molar-refractivity contribution in [2.24, 2.45) is 0 Å². The lowest BCUT2D eigenvalue weighted by atomic mass is 9.90. The fourth-order valence-electron chi connectivity index (χ4n) is 4.65. The third-order valence-corrected chi connectivity index (χ3v) is 6.77. The van der Waals surface area contributed by atoms with Crippen molar-refractivity contribution < 1.29 is 14.3 Å². The molecule has 2 aliphatic rings. The van der Waals surface area contributed by atoms with Crippen LogP contribution in [0.2, 0.25) is 0 Å². The van der Waals surface area contributed by atoms with Crippen molar-refractivity contribution in [2.75, 3.05) is 17.7 Å². The number of carbonyl (C=O) groups excluding carboxylic acids is 1. The Morgan fingerprint density at radius 2 is 2.06 bits per heavy atom. The van der Waals surface area contributed by atoms with Gasteiger partial charge in [-0.3, -0.25) is 9.59 Å². The number of alkyl halides is 1.